The molecule has 0 aliphatic carbocycles. The Morgan fingerprint density at radius 3 is 2.28 bits per heavy atom. The van der Waals surface area contributed by atoms with Crippen molar-refractivity contribution in [3.8, 4) is 5.75 Å². The van der Waals surface area contributed by atoms with Crippen LogP contribution in [0.25, 0.3) is 0 Å². The number of benzene rings is 3. The molecule has 1 saturated heterocycles. The first kappa shape index (κ1) is 28.7. The number of hydrogen-bond acceptors (Lipinski definition) is 7. The Balaban J connectivity index is 1.40. The summed E-state index contributed by atoms with van der Waals surface area (Å²) in [6, 6.07) is 20.0. The number of thiazole rings is 1. The molecule has 2 unspecified atom stereocenters. The molecule has 3 amide bonds. The number of amides is 3. The fourth-order valence-corrected chi connectivity index (χ4v) is 8.20. The molecule has 2 aliphatic heterocycles. The van der Waals surface area contributed by atoms with Crippen molar-refractivity contribution in [2.24, 2.45) is 5.92 Å². The number of alkyl halides is 3. The highest BCUT2D eigenvalue weighted by atomic mass is 32.2. The van der Waals surface area contributed by atoms with Gasteiger partial charge in [0.05, 0.1) is 35.0 Å². The molecule has 0 spiro atoms. The van der Waals surface area contributed by atoms with E-state index in [0.717, 1.165) is 44.7 Å². The Kier molecular flexibility index (Phi) is 7.38. The van der Waals surface area contributed by atoms with Gasteiger partial charge < -0.3 is 10.1 Å². The van der Waals surface area contributed by atoms with Crippen LogP contribution in [0.15, 0.2) is 88.7 Å². The maximum atomic E-state index is 13.9. The van der Waals surface area contributed by atoms with Gasteiger partial charge in [0.15, 0.2) is 0 Å². The number of halogens is 3. The second-order valence-electron chi connectivity index (χ2n) is 9.88. The van der Waals surface area contributed by atoms with E-state index in [2.05, 4.69) is 5.32 Å². The predicted octanol–water partition coefficient (Wildman–Crippen LogP) is 5.37. The maximum absolute atomic E-state index is 13.9. The van der Waals surface area contributed by atoms with E-state index in [1.54, 1.807) is 54.6 Å². The molecule has 6 rings (SSSR count). The van der Waals surface area contributed by atoms with Gasteiger partial charge >= 0.3 is 11.0 Å². The molecular formula is C30H22F3N3O5S2. The molecule has 3 atom stereocenters. The van der Waals surface area contributed by atoms with Crippen molar-refractivity contribution >= 4 is 52.2 Å². The third-order valence-electron chi connectivity index (χ3n) is 7.35. The molecule has 1 fully saturated rings. The molecule has 0 radical (unpaired) electrons. The van der Waals surface area contributed by atoms with Gasteiger partial charge in [-0.3, -0.25) is 23.7 Å². The van der Waals surface area contributed by atoms with E-state index in [9.17, 15) is 32.3 Å². The number of anilines is 2. The molecule has 8 nitrogen and oxygen atoms in total. The molecule has 1 N–H and O–H groups in total. The van der Waals surface area contributed by atoms with Crippen molar-refractivity contribution in [3.05, 3.63) is 105 Å². The van der Waals surface area contributed by atoms with Gasteiger partial charge in [0, 0.05) is 10.8 Å². The summed E-state index contributed by atoms with van der Waals surface area (Å²) in [5.74, 6) is -2.66. The highest BCUT2D eigenvalue weighted by Gasteiger charge is 2.56. The summed E-state index contributed by atoms with van der Waals surface area (Å²) in [4.78, 5) is 55.0. The zero-order valence-electron chi connectivity index (χ0n) is 22.3. The number of rotatable bonds is 6. The lowest BCUT2D eigenvalue weighted by molar-refractivity contribution is -0.137. The summed E-state index contributed by atoms with van der Waals surface area (Å²) in [5.41, 5.74) is -0.359. The van der Waals surface area contributed by atoms with E-state index >= 15 is 0 Å². The number of hydrogen-bond donors (Lipinski definition) is 1. The quantitative estimate of drug-likeness (QED) is 0.290. The van der Waals surface area contributed by atoms with Crippen LogP contribution in [0.5, 0.6) is 5.75 Å². The Labute approximate surface area is 251 Å². The first-order valence-electron chi connectivity index (χ1n) is 13.0. The standard InChI is InChI=1S/C30H22F3N3O5S2/c1-41-18-13-11-16(12-14-18)22-23-24(27(39)36(26(23)38)17-7-3-2-4-8-17)42-28-25(22)43-29(40)35(28)15-21(37)34-20-10-6-5-9-19(20)30(31,32)33/h2-14,22-24H,15H2,1H3,(H,34,37)/t22-,23?,24?/m1/s1. The van der Waals surface area contributed by atoms with Gasteiger partial charge in [0.25, 0.3) is 0 Å². The third kappa shape index (κ3) is 5.12. The number of nitrogens with one attached hydrogen (secondary N) is 1. The first-order chi connectivity index (χ1) is 20.6. The monoisotopic (exact) mass is 625 g/mol. The molecular weight excluding hydrogens is 603 g/mol. The fourth-order valence-electron chi connectivity index (χ4n) is 5.43. The van der Waals surface area contributed by atoms with Crippen molar-refractivity contribution in [1.29, 1.82) is 0 Å². The summed E-state index contributed by atoms with van der Waals surface area (Å²) in [6.45, 7) is -0.582. The topological polar surface area (TPSA) is 97.7 Å². The number of para-hydroxylation sites is 2. The number of aromatic nitrogens is 1. The van der Waals surface area contributed by atoms with E-state index in [1.807, 2.05) is 0 Å². The van der Waals surface area contributed by atoms with Crippen LogP contribution in [0.3, 0.4) is 0 Å². The smallest absolute Gasteiger partial charge is 0.418 e. The van der Waals surface area contributed by atoms with Gasteiger partial charge in [-0.05, 0) is 42.0 Å². The molecule has 0 bridgehead atoms. The number of thioether (sulfide) groups is 1. The van der Waals surface area contributed by atoms with E-state index in [-0.39, 0.29) is 0 Å². The molecule has 13 heteroatoms. The Morgan fingerprint density at radius 1 is 0.930 bits per heavy atom. The third-order valence-corrected chi connectivity index (χ3v) is 9.95. The lowest BCUT2D eigenvalue weighted by atomic mass is 9.83. The molecule has 3 aromatic carbocycles. The second-order valence-corrected chi connectivity index (χ2v) is 12.0. The van der Waals surface area contributed by atoms with Crippen LogP contribution in [-0.4, -0.2) is 34.6 Å². The lowest BCUT2D eigenvalue weighted by Crippen LogP contribution is -2.33. The van der Waals surface area contributed by atoms with Crippen LogP contribution >= 0.6 is 23.1 Å². The minimum Gasteiger partial charge on any atom is -0.497 e. The second kappa shape index (κ2) is 11.0. The number of methoxy groups -OCH3 is 1. The number of imide groups is 1. The predicted molar refractivity (Wildman–Crippen MR) is 156 cm³/mol. The highest BCUT2D eigenvalue weighted by molar-refractivity contribution is 8.00. The molecule has 3 heterocycles. The Morgan fingerprint density at radius 2 is 1.60 bits per heavy atom. The normalized spacial score (nSPS) is 19.6. The number of fused-ring (bicyclic) bond motifs is 2. The van der Waals surface area contributed by atoms with E-state index in [4.69, 9.17) is 4.74 Å². The lowest BCUT2D eigenvalue weighted by Gasteiger charge is -2.30. The molecule has 0 saturated carbocycles. The number of carbonyl (C=O) groups excluding carboxylic acids is 3. The van der Waals surface area contributed by atoms with Crippen molar-refractivity contribution < 1.29 is 32.3 Å². The van der Waals surface area contributed by atoms with Crippen molar-refractivity contribution in [2.45, 2.75) is 28.9 Å². The van der Waals surface area contributed by atoms with Gasteiger partial charge in [0.1, 0.15) is 17.5 Å². The zero-order valence-corrected chi connectivity index (χ0v) is 24.0. The largest absolute Gasteiger partial charge is 0.497 e. The van der Waals surface area contributed by atoms with Crippen molar-refractivity contribution in [2.75, 3.05) is 17.3 Å². The molecule has 2 aliphatic rings. The van der Waals surface area contributed by atoms with E-state index in [1.165, 1.54) is 19.2 Å². The van der Waals surface area contributed by atoms with Crippen LogP contribution in [0, 0.1) is 5.92 Å². The summed E-state index contributed by atoms with van der Waals surface area (Å²) in [5, 5.41) is 1.69. The average Bonchev–Trinajstić information content (AvgIpc) is 3.43. The number of nitrogens with zero attached hydrogens (tertiary/aromatic N) is 2. The van der Waals surface area contributed by atoms with Crippen LogP contribution in [-0.2, 0) is 27.1 Å². The van der Waals surface area contributed by atoms with Crippen molar-refractivity contribution in [1.82, 2.24) is 4.57 Å². The molecule has 43 heavy (non-hydrogen) atoms. The van der Waals surface area contributed by atoms with Gasteiger partial charge in [-0.2, -0.15) is 13.2 Å². The maximum Gasteiger partial charge on any atom is 0.418 e. The van der Waals surface area contributed by atoms with E-state index in [0.29, 0.717) is 26.9 Å². The van der Waals surface area contributed by atoms with Crippen LogP contribution < -0.4 is 19.8 Å². The first-order valence-corrected chi connectivity index (χ1v) is 14.7. The minimum absolute atomic E-state index is 0.326. The van der Waals surface area contributed by atoms with E-state index < -0.39 is 63.7 Å². The summed E-state index contributed by atoms with van der Waals surface area (Å²) in [7, 11) is 1.52. The summed E-state index contributed by atoms with van der Waals surface area (Å²) >= 11 is 1.87. The molecule has 4 aromatic rings. The average molecular weight is 626 g/mol. The van der Waals surface area contributed by atoms with Crippen LogP contribution in [0.1, 0.15) is 21.9 Å². The summed E-state index contributed by atoms with van der Waals surface area (Å²) in [6.07, 6.45) is -4.70. The van der Waals surface area contributed by atoms with Crippen LogP contribution in [0.2, 0.25) is 0 Å². The van der Waals surface area contributed by atoms with Gasteiger partial charge in [-0.15, -0.1) is 0 Å². The van der Waals surface area contributed by atoms with Gasteiger partial charge in [0.2, 0.25) is 17.7 Å². The van der Waals surface area contributed by atoms with Crippen LogP contribution in [0.4, 0.5) is 24.5 Å². The number of ether oxygens (including phenoxy) is 1. The fraction of sp³-hybridized carbons (Fsp3) is 0.200. The molecule has 220 valence electrons. The van der Waals surface area contributed by atoms with Gasteiger partial charge in [-0.1, -0.05) is 65.6 Å². The van der Waals surface area contributed by atoms with Gasteiger partial charge in [-0.25, -0.2) is 4.90 Å². The Bertz CT molecular complexity index is 1790. The highest BCUT2D eigenvalue weighted by Crippen LogP contribution is 2.54. The zero-order chi connectivity index (χ0) is 30.5. The number of carbonyl (C=O) groups is 3. The minimum atomic E-state index is -4.70. The summed E-state index contributed by atoms with van der Waals surface area (Å²) < 4.78 is 46.9. The SMILES string of the molecule is COc1ccc([C@H]2c3sc(=O)n(CC(=O)Nc4ccccc4C(F)(F)F)c3SC3C(=O)N(c4ccccc4)C(=O)C32)cc1. The van der Waals surface area contributed by atoms with Crippen molar-refractivity contribution in [3.63, 3.8) is 0 Å². The Hall–Kier alpha value is -4.36. The molecule has 1 aromatic heterocycles.